The molecular weight excluding hydrogens is 424 g/mol. The molecule has 1 aliphatic rings. The molecule has 1 saturated carbocycles. The van der Waals surface area contributed by atoms with Crippen LogP contribution in [0.25, 0.3) is 12.2 Å². The van der Waals surface area contributed by atoms with Crippen molar-refractivity contribution in [2.45, 2.75) is 32.3 Å². The van der Waals surface area contributed by atoms with Crippen molar-refractivity contribution in [3.63, 3.8) is 0 Å². The van der Waals surface area contributed by atoms with Gasteiger partial charge in [0.15, 0.2) is 24.1 Å². The van der Waals surface area contributed by atoms with Crippen LogP contribution in [0.3, 0.4) is 0 Å². The van der Waals surface area contributed by atoms with E-state index in [1.807, 2.05) is 42.5 Å². The third-order valence-electron chi connectivity index (χ3n) is 5.54. The predicted molar refractivity (Wildman–Crippen MR) is 125 cm³/mol. The van der Waals surface area contributed by atoms with E-state index >= 15 is 0 Å². The van der Waals surface area contributed by atoms with Crippen LogP contribution >= 0.6 is 0 Å². The monoisotopic (exact) mass is 454 g/mol. The Hall–Kier alpha value is -2.97. The normalized spacial score (nSPS) is 16.4. The van der Waals surface area contributed by atoms with E-state index in [2.05, 4.69) is 4.89 Å². The fourth-order valence-corrected chi connectivity index (χ4v) is 3.88. The van der Waals surface area contributed by atoms with Crippen molar-refractivity contribution in [3.05, 3.63) is 69.8 Å². The van der Waals surface area contributed by atoms with Crippen molar-refractivity contribution in [2.24, 2.45) is 0 Å². The van der Waals surface area contributed by atoms with Gasteiger partial charge < -0.3 is 19.3 Å². The Labute approximate surface area is 193 Å². The fraction of sp³-hybridized carbons (Fsp3) is 0.346. The van der Waals surface area contributed by atoms with Crippen LogP contribution in [0.5, 0.6) is 11.5 Å². The summed E-state index contributed by atoms with van der Waals surface area (Å²) in [6.45, 7) is 0.158. The molecule has 0 atom stereocenters. The van der Waals surface area contributed by atoms with Crippen molar-refractivity contribution >= 4 is 17.9 Å². The first-order valence-electron chi connectivity index (χ1n) is 10.8. The topological polar surface area (TPSA) is 94.5 Å². The van der Waals surface area contributed by atoms with Crippen LogP contribution in [0.15, 0.2) is 47.5 Å². The van der Waals surface area contributed by atoms with Crippen molar-refractivity contribution in [3.8, 4) is 11.5 Å². The predicted octanol–water partition coefficient (Wildman–Crippen LogP) is 4.42. The molecular formula is C26H30O7. The maximum Gasteiger partial charge on any atom is 0.188 e. The number of benzene rings is 2. The number of carbonyl (C=O) groups excluding carboxylic acids is 1. The summed E-state index contributed by atoms with van der Waals surface area (Å²) in [5.74, 6) is 1.18. The van der Waals surface area contributed by atoms with E-state index in [4.69, 9.17) is 19.5 Å². The van der Waals surface area contributed by atoms with Gasteiger partial charge in [0.1, 0.15) is 0 Å². The molecule has 33 heavy (non-hydrogen) atoms. The van der Waals surface area contributed by atoms with Gasteiger partial charge in [-0.15, -0.1) is 0 Å². The van der Waals surface area contributed by atoms with Crippen LogP contribution in [-0.4, -0.2) is 43.8 Å². The zero-order chi connectivity index (χ0) is 23.6. The minimum absolute atomic E-state index is 0.0308. The lowest BCUT2D eigenvalue weighted by molar-refractivity contribution is -0.241. The number of Topliss-reactive ketones (excluding diaryl/α,β-unsaturated/α-hetero) is 1. The zero-order valence-electron chi connectivity index (χ0n) is 19.0. The first-order valence-corrected chi connectivity index (χ1v) is 10.8. The van der Waals surface area contributed by atoms with Gasteiger partial charge in [-0.2, -0.15) is 0 Å². The van der Waals surface area contributed by atoms with Gasteiger partial charge in [-0.3, -0.25) is 10.1 Å². The van der Waals surface area contributed by atoms with Crippen molar-refractivity contribution < 1.29 is 34.3 Å². The highest BCUT2D eigenvalue weighted by atomic mass is 17.1. The average Bonchev–Trinajstić information content (AvgIpc) is 2.84. The molecule has 0 saturated heterocycles. The summed E-state index contributed by atoms with van der Waals surface area (Å²) < 4.78 is 15.8. The summed E-state index contributed by atoms with van der Waals surface area (Å²) in [4.78, 5) is 17.3. The maximum atomic E-state index is 13.2. The van der Waals surface area contributed by atoms with Crippen LogP contribution in [-0.2, 0) is 27.4 Å². The van der Waals surface area contributed by atoms with E-state index in [0.29, 0.717) is 30.8 Å². The summed E-state index contributed by atoms with van der Waals surface area (Å²) in [6, 6.07) is 11.2. The number of hydrogen-bond donors (Lipinski definition) is 2. The number of aliphatic hydroxyl groups excluding tert-OH is 1. The van der Waals surface area contributed by atoms with Crippen LogP contribution in [0.4, 0.5) is 0 Å². The molecule has 2 aromatic rings. The lowest BCUT2D eigenvalue weighted by atomic mass is 9.86. The first kappa shape index (κ1) is 24.7. The SMILES string of the molecule is COCOc1ccc(/C=C2\CCC/C(=C\c3ccc(CCOO)c(CO)c3)C2=O)cc1OC. The van der Waals surface area contributed by atoms with E-state index in [1.54, 1.807) is 20.3 Å². The lowest BCUT2D eigenvalue weighted by Gasteiger charge is -2.17. The second-order valence-electron chi connectivity index (χ2n) is 7.75. The van der Waals surface area contributed by atoms with Gasteiger partial charge in [0.25, 0.3) is 0 Å². The number of allylic oxidation sites excluding steroid dienone is 2. The number of aliphatic hydroxyl groups is 1. The molecule has 176 valence electrons. The number of methoxy groups -OCH3 is 2. The van der Waals surface area contributed by atoms with Crippen LogP contribution in [0.2, 0.25) is 0 Å². The molecule has 2 N–H and O–H groups in total. The molecule has 0 heterocycles. The first-order chi connectivity index (χ1) is 16.1. The van der Waals surface area contributed by atoms with E-state index in [9.17, 15) is 9.90 Å². The number of carbonyl (C=O) groups is 1. The average molecular weight is 455 g/mol. The van der Waals surface area contributed by atoms with Gasteiger partial charge in [0.2, 0.25) is 0 Å². The molecule has 3 rings (SSSR count). The lowest BCUT2D eigenvalue weighted by Crippen LogP contribution is -2.12. The van der Waals surface area contributed by atoms with Gasteiger partial charge >= 0.3 is 0 Å². The number of hydrogen-bond acceptors (Lipinski definition) is 7. The van der Waals surface area contributed by atoms with Crippen LogP contribution in [0.1, 0.15) is 41.5 Å². The summed E-state index contributed by atoms with van der Waals surface area (Å²) in [7, 11) is 3.12. The molecule has 0 amide bonds. The third-order valence-corrected chi connectivity index (χ3v) is 5.54. The van der Waals surface area contributed by atoms with Gasteiger partial charge in [-0.1, -0.05) is 18.2 Å². The standard InChI is InChI=1S/C26H30O7/c1-30-17-32-24-9-7-19(15-25(24)31-2)13-22-5-3-4-21(26(22)28)12-18-6-8-20(10-11-33-29)23(14-18)16-27/h6-9,12-15,27,29H,3-5,10-11,16-17H2,1-2H3/b21-12+,22-13+. The van der Waals surface area contributed by atoms with Gasteiger partial charge in [-0.05, 0) is 78.3 Å². The van der Waals surface area contributed by atoms with Crippen molar-refractivity contribution in [1.82, 2.24) is 0 Å². The highest BCUT2D eigenvalue weighted by Crippen LogP contribution is 2.32. The van der Waals surface area contributed by atoms with Gasteiger partial charge in [0.05, 0.1) is 20.3 Å². The molecule has 0 spiro atoms. The molecule has 7 nitrogen and oxygen atoms in total. The third kappa shape index (κ3) is 6.52. The summed E-state index contributed by atoms with van der Waals surface area (Å²) in [5, 5.41) is 18.3. The molecule has 0 aliphatic heterocycles. The smallest absolute Gasteiger partial charge is 0.188 e. The Balaban J connectivity index is 1.82. The van der Waals surface area contributed by atoms with Crippen LogP contribution in [0, 0.1) is 0 Å². The van der Waals surface area contributed by atoms with E-state index in [-0.39, 0.29) is 25.8 Å². The molecule has 1 fully saturated rings. The zero-order valence-corrected chi connectivity index (χ0v) is 19.0. The summed E-state index contributed by atoms with van der Waals surface area (Å²) in [6.07, 6.45) is 6.58. The number of ether oxygens (including phenoxy) is 3. The second kappa shape index (κ2) is 12.3. The summed E-state index contributed by atoms with van der Waals surface area (Å²) in [5.41, 5.74) is 4.87. The van der Waals surface area contributed by atoms with Gasteiger partial charge in [-0.25, -0.2) is 4.89 Å². The Bertz CT molecular complexity index is 944. The summed E-state index contributed by atoms with van der Waals surface area (Å²) >= 11 is 0. The minimum Gasteiger partial charge on any atom is -0.493 e. The Kier molecular flexibility index (Phi) is 9.21. The Morgan fingerprint density at radius 3 is 2.27 bits per heavy atom. The number of ketones is 1. The Morgan fingerprint density at radius 1 is 0.939 bits per heavy atom. The van der Waals surface area contributed by atoms with Gasteiger partial charge in [0, 0.05) is 18.3 Å². The van der Waals surface area contributed by atoms with E-state index in [1.165, 1.54) is 0 Å². The molecule has 1 aliphatic carbocycles. The van der Waals surface area contributed by atoms with E-state index < -0.39 is 0 Å². The number of rotatable bonds is 10. The van der Waals surface area contributed by atoms with Crippen LogP contribution < -0.4 is 9.47 Å². The quantitative estimate of drug-likeness (QED) is 0.237. The largest absolute Gasteiger partial charge is 0.493 e. The fourth-order valence-electron chi connectivity index (χ4n) is 3.88. The van der Waals surface area contributed by atoms with Crippen molar-refractivity contribution in [1.29, 1.82) is 0 Å². The highest BCUT2D eigenvalue weighted by Gasteiger charge is 2.21. The second-order valence-corrected chi connectivity index (χ2v) is 7.75. The molecule has 0 unspecified atom stereocenters. The maximum absolute atomic E-state index is 13.2. The van der Waals surface area contributed by atoms with E-state index in [0.717, 1.165) is 39.8 Å². The molecule has 2 aromatic carbocycles. The molecule has 0 radical (unpaired) electrons. The molecule has 0 bridgehead atoms. The molecule has 7 heteroatoms. The highest BCUT2D eigenvalue weighted by molar-refractivity contribution is 6.14. The Morgan fingerprint density at radius 2 is 1.64 bits per heavy atom. The molecule has 0 aromatic heterocycles. The van der Waals surface area contributed by atoms with Crippen molar-refractivity contribution in [2.75, 3.05) is 27.6 Å². The minimum atomic E-state index is -0.122.